The molecule has 172 valence electrons. The summed E-state index contributed by atoms with van der Waals surface area (Å²) in [4.78, 5) is 10.9. The number of anilines is 3. The molecule has 0 radical (unpaired) electrons. The molecule has 0 bridgehead atoms. The standard InChI is InChI=1S/C23H22N8O2S/c1-16-15-30(11-10-25-16)20-8-6-19(7-9-20)28-23-26-13-18-14-27-31(22(18)29-23)34(32,33)21-5-3-2-4-17(21)12-24/h2-9,13-14,16,25H,10-11,15H2,1H3,(H,26,28,29). The van der Waals surface area contributed by atoms with Crippen LogP contribution in [0.25, 0.3) is 11.0 Å². The van der Waals surface area contributed by atoms with Crippen LogP contribution in [-0.2, 0) is 10.0 Å². The average molecular weight is 475 g/mol. The Morgan fingerprint density at radius 2 is 1.94 bits per heavy atom. The van der Waals surface area contributed by atoms with E-state index >= 15 is 0 Å². The van der Waals surface area contributed by atoms with Gasteiger partial charge in [0.2, 0.25) is 5.95 Å². The van der Waals surface area contributed by atoms with Gasteiger partial charge in [-0.3, -0.25) is 0 Å². The zero-order chi connectivity index (χ0) is 23.7. The highest BCUT2D eigenvalue weighted by Crippen LogP contribution is 2.24. The van der Waals surface area contributed by atoms with Crippen LogP contribution in [0.4, 0.5) is 17.3 Å². The van der Waals surface area contributed by atoms with Crippen LogP contribution in [0.5, 0.6) is 0 Å². The molecule has 1 atom stereocenters. The number of fused-ring (bicyclic) bond motifs is 1. The maximum Gasteiger partial charge on any atom is 0.286 e. The molecule has 3 heterocycles. The Bertz CT molecular complexity index is 1490. The number of benzene rings is 2. The summed E-state index contributed by atoms with van der Waals surface area (Å²) in [5.41, 5.74) is 2.07. The molecule has 0 amide bonds. The van der Waals surface area contributed by atoms with Crippen LogP contribution >= 0.6 is 0 Å². The van der Waals surface area contributed by atoms with Crippen molar-refractivity contribution >= 4 is 38.4 Å². The summed E-state index contributed by atoms with van der Waals surface area (Å²) in [6.45, 7) is 5.01. The van der Waals surface area contributed by atoms with E-state index in [9.17, 15) is 13.7 Å². The zero-order valence-electron chi connectivity index (χ0n) is 18.4. The van der Waals surface area contributed by atoms with Gasteiger partial charge in [0.05, 0.1) is 17.1 Å². The highest BCUT2D eigenvalue weighted by molar-refractivity contribution is 7.90. The van der Waals surface area contributed by atoms with Crippen molar-refractivity contribution in [1.82, 2.24) is 24.5 Å². The quantitative estimate of drug-likeness (QED) is 0.448. The first-order valence-electron chi connectivity index (χ1n) is 10.8. The predicted molar refractivity (Wildman–Crippen MR) is 128 cm³/mol. The van der Waals surface area contributed by atoms with Crippen molar-refractivity contribution in [2.24, 2.45) is 0 Å². The molecule has 1 saturated heterocycles. The number of nitriles is 1. The van der Waals surface area contributed by atoms with E-state index in [2.05, 4.69) is 37.5 Å². The van der Waals surface area contributed by atoms with Crippen molar-refractivity contribution in [3.8, 4) is 6.07 Å². The van der Waals surface area contributed by atoms with E-state index in [1.54, 1.807) is 12.1 Å². The van der Waals surface area contributed by atoms with Crippen molar-refractivity contribution in [1.29, 1.82) is 5.26 Å². The molecule has 0 aliphatic carbocycles. The molecule has 0 spiro atoms. The largest absolute Gasteiger partial charge is 0.369 e. The third-order valence-corrected chi connectivity index (χ3v) is 7.28. The Hall–Kier alpha value is -4.01. The number of aromatic nitrogens is 4. The number of nitrogens with one attached hydrogen (secondary N) is 2. The summed E-state index contributed by atoms with van der Waals surface area (Å²) in [5.74, 6) is 0.238. The van der Waals surface area contributed by atoms with Gasteiger partial charge in [0, 0.05) is 43.2 Å². The minimum absolute atomic E-state index is 0.0394. The fraction of sp³-hybridized carbons (Fsp3) is 0.217. The number of hydrogen-bond donors (Lipinski definition) is 2. The normalized spacial score (nSPS) is 16.4. The molecular weight excluding hydrogens is 452 g/mol. The third-order valence-electron chi connectivity index (χ3n) is 5.65. The van der Waals surface area contributed by atoms with Gasteiger partial charge in [-0.05, 0) is 43.3 Å². The average Bonchev–Trinajstić information content (AvgIpc) is 3.29. The van der Waals surface area contributed by atoms with Gasteiger partial charge in [-0.1, -0.05) is 12.1 Å². The predicted octanol–water partition coefficient (Wildman–Crippen LogP) is 2.48. The summed E-state index contributed by atoms with van der Waals surface area (Å²) in [6, 6.07) is 16.3. The van der Waals surface area contributed by atoms with Crippen LogP contribution < -0.4 is 15.5 Å². The molecule has 4 aromatic rings. The van der Waals surface area contributed by atoms with Crippen molar-refractivity contribution in [3.05, 3.63) is 66.5 Å². The summed E-state index contributed by atoms with van der Waals surface area (Å²) in [5, 5.41) is 20.4. The Kier molecular flexibility index (Phi) is 5.61. The Morgan fingerprint density at radius 1 is 1.15 bits per heavy atom. The second-order valence-corrected chi connectivity index (χ2v) is 9.78. The lowest BCUT2D eigenvalue weighted by atomic mass is 10.2. The first-order valence-corrected chi connectivity index (χ1v) is 12.2. The Morgan fingerprint density at radius 3 is 2.71 bits per heavy atom. The van der Waals surface area contributed by atoms with Gasteiger partial charge in [0.25, 0.3) is 10.0 Å². The molecule has 2 aromatic heterocycles. The van der Waals surface area contributed by atoms with Gasteiger partial charge in [0.1, 0.15) is 11.0 Å². The molecule has 5 rings (SSSR count). The van der Waals surface area contributed by atoms with Crippen LogP contribution in [0.3, 0.4) is 0 Å². The summed E-state index contributed by atoms with van der Waals surface area (Å²) >= 11 is 0. The van der Waals surface area contributed by atoms with E-state index in [-0.39, 0.29) is 22.1 Å². The van der Waals surface area contributed by atoms with E-state index in [0.717, 1.165) is 35.1 Å². The van der Waals surface area contributed by atoms with E-state index in [0.29, 0.717) is 11.4 Å². The fourth-order valence-electron chi connectivity index (χ4n) is 3.96. The highest BCUT2D eigenvalue weighted by Gasteiger charge is 2.24. The lowest BCUT2D eigenvalue weighted by molar-refractivity contribution is 0.485. The Balaban J connectivity index is 1.43. The van der Waals surface area contributed by atoms with E-state index < -0.39 is 10.0 Å². The molecule has 1 aliphatic rings. The van der Waals surface area contributed by atoms with E-state index in [4.69, 9.17) is 0 Å². The summed E-state index contributed by atoms with van der Waals surface area (Å²) < 4.78 is 27.3. The second kappa shape index (κ2) is 8.74. The van der Waals surface area contributed by atoms with Gasteiger partial charge in [-0.15, -0.1) is 4.09 Å². The first kappa shape index (κ1) is 21.8. The van der Waals surface area contributed by atoms with Crippen LogP contribution in [0, 0.1) is 11.3 Å². The number of hydrogen-bond acceptors (Lipinski definition) is 9. The molecule has 1 aliphatic heterocycles. The minimum Gasteiger partial charge on any atom is -0.369 e. The monoisotopic (exact) mass is 474 g/mol. The number of rotatable bonds is 5. The Labute approximate surface area is 196 Å². The van der Waals surface area contributed by atoms with Gasteiger partial charge in [-0.2, -0.15) is 23.8 Å². The molecule has 1 fully saturated rings. The fourth-order valence-corrected chi connectivity index (χ4v) is 5.33. The summed E-state index contributed by atoms with van der Waals surface area (Å²) in [7, 11) is -4.12. The second-order valence-electron chi connectivity index (χ2n) is 8.05. The van der Waals surface area contributed by atoms with Gasteiger partial charge in [0.15, 0.2) is 5.65 Å². The number of piperazine rings is 1. The summed E-state index contributed by atoms with van der Waals surface area (Å²) in [6.07, 6.45) is 2.89. The van der Waals surface area contributed by atoms with Crippen molar-refractivity contribution in [3.63, 3.8) is 0 Å². The van der Waals surface area contributed by atoms with E-state index in [1.807, 2.05) is 30.3 Å². The van der Waals surface area contributed by atoms with Crippen LogP contribution in [-0.4, -0.2) is 53.2 Å². The third kappa shape index (κ3) is 4.05. The van der Waals surface area contributed by atoms with Gasteiger partial charge < -0.3 is 15.5 Å². The molecule has 11 heteroatoms. The van der Waals surface area contributed by atoms with Gasteiger partial charge >= 0.3 is 0 Å². The SMILES string of the molecule is CC1CN(c2ccc(Nc3ncc4cnn(S(=O)(=O)c5ccccc5C#N)c4n3)cc2)CCN1. The molecule has 2 aromatic carbocycles. The smallest absolute Gasteiger partial charge is 0.286 e. The lowest BCUT2D eigenvalue weighted by Gasteiger charge is -2.33. The van der Waals surface area contributed by atoms with Crippen LogP contribution in [0.15, 0.2) is 65.8 Å². The molecule has 2 N–H and O–H groups in total. The molecule has 10 nitrogen and oxygen atoms in total. The lowest BCUT2D eigenvalue weighted by Crippen LogP contribution is -2.49. The zero-order valence-corrected chi connectivity index (χ0v) is 19.2. The van der Waals surface area contributed by atoms with Crippen molar-refractivity contribution in [2.75, 3.05) is 29.9 Å². The molecule has 34 heavy (non-hydrogen) atoms. The first-order chi connectivity index (χ1) is 16.5. The maximum absolute atomic E-state index is 13.2. The molecular formula is C23H22N8O2S. The maximum atomic E-state index is 13.2. The van der Waals surface area contributed by atoms with Crippen molar-refractivity contribution < 1.29 is 8.42 Å². The van der Waals surface area contributed by atoms with Crippen molar-refractivity contribution in [2.45, 2.75) is 17.9 Å². The van der Waals surface area contributed by atoms with Crippen LogP contribution in [0.1, 0.15) is 12.5 Å². The van der Waals surface area contributed by atoms with E-state index in [1.165, 1.54) is 24.5 Å². The topological polar surface area (TPSA) is 129 Å². The van der Waals surface area contributed by atoms with Crippen LogP contribution in [0.2, 0.25) is 0 Å². The van der Waals surface area contributed by atoms with Gasteiger partial charge in [-0.25, -0.2) is 4.98 Å². The minimum atomic E-state index is -4.12. The highest BCUT2D eigenvalue weighted by atomic mass is 32.2. The molecule has 1 unspecified atom stereocenters. The molecule has 0 saturated carbocycles. The number of nitrogens with zero attached hydrogens (tertiary/aromatic N) is 6.